The Kier molecular flexibility index (Phi) is 2.82. The summed E-state index contributed by atoms with van der Waals surface area (Å²) in [7, 11) is 0. The van der Waals surface area contributed by atoms with Crippen molar-refractivity contribution < 1.29 is 0 Å². The van der Waals surface area contributed by atoms with Crippen LogP contribution in [0.5, 0.6) is 0 Å². The maximum absolute atomic E-state index is 5.64. The molecule has 0 atom stereocenters. The van der Waals surface area contributed by atoms with Crippen molar-refractivity contribution in [3.8, 4) is 0 Å². The van der Waals surface area contributed by atoms with E-state index in [2.05, 4.69) is 39.6 Å². The van der Waals surface area contributed by atoms with Crippen LogP contribution in [0.15, 0.2) is 24.3 Å². The molecule has 21 heavy (non-hydrogen) atoms. The van der Waals surface area contributed by atoms with E-state index in [9.17, 15) is 0 Å². The van der Waals surface area contributed by atoms with Crippen molar-refractivity contribution >= 4 is 17.3 Å². The van der Waals surface area contributed by atoms with Gasteiger partial charge in [0.25, 0.3) is 0 Å². The van der Waals surface area contributed by atoms with Crippen LogP contribution in [0, 0.1) is 6.92 Å². The zero-order chi connectivity index (χ0) is 14.4. The Morgan fingerprint density at radius 3 is 2.81 bits per heavy atom. The number of hydrogen-bond acceptors (Lipinski definition) is 5. The Bertz CT molecular complexity index is 693. The van der Waals surface area contributed by atoms with E-state index in [0.29, 0.717) is 5.92 Å². The topological polar surface area (TPSA) is 67.1 Å². The summed E-state index contributed by atoms with van der Waals surface area (Å²) in [5, 5.41) is 0. The predicted molar refractivity (Wildman–Crippen MR) is 83.7 cm³/mol. The Balaban J connectivity index is 1.83. The van der Waals surface area contributed by atoms with E-state index in [1.165, 1.54) is 24.1 Å². The first-order valence-electron chi connectivity index (χ1n) is 7.48. The fraction of sp³-hybridized carbons (Fsp3) is 0.375. The van der Waals surface area contributed by atoms with Crippen molar-refractivity contribution in [1.29, 1.82) is 0 Å². The molecule has 108 valence electrons. The number of aromatic nitrogens is 2. The fourth-order valence-corrected chi connectivity index (χ4v) is 3.01. The average molecular weight is 281 g/mol. The van der Waals surface area contributed by atoms with E-state index in [-0.39, 0.29) is 0 Å². The minimum atomic E-state index is 0.509. The second-order valence-electron chi connectivity index (χ2n) is 5.83. The monoisotopic (exact) mass is 281 g/mol. The maximum atomic E-state index is 5.64. The second kappa shape index (κ2) is 4.70. The molecule has 1 aliphatic carbocycles. The molecule has 1 aromatic carbocycles. The van der Waals surface area contributed by atoms with Gasteiger partial charge in [-0.3, -0.25) is 0 Å². The van der Waals surface area contributed by atoms with Crippen LogP contribution in [-0.2, 0) is 6.42 Å². The second-order valence-corrected chi connectivity index (χ2v) is 5.83. The highest BCUT2D eigenvalue weighted by molar-refractivity contribution is 5.72. The van der Waals surface area contributed by atoms with Crippen molar-refractivity contribution in [2.45, 2.75) is 32.1 Å². The van der Waals surface area contributed by atoms with Crippen LogP contribution >= 0.6 is 0 Å². The van der Waals surface area contributed by atoms with Gasteiger partial charge in [0.15, 0.2) is 0 Å². The largest absolute Gasteiger partial charge is 0.325 e. The van der Waals surface area contributed by atoms with Gasteiger partial charge in [0.1, 0.15) is 17.5 Å². The van der Waals surface area contributed by atoms with Crippen LogP contribution in [0.25, 0.3) is 0 Å². The molecule has 1 fully saturated rings. The Morgan fingerprint density at radius 2 is 2.05 bits per heavy atom. The van der Waals surface area contributed by atoms with E-state index < -0.39 is 0 Å². The third kappa shape index (κ3) is 2.05. The predicted octanol–water partition coefficient (Wildman–Crippen LogP) is 2.64. The molecule has 3 N–H and O–H groups in total. The van der Waals surface area contributed by atoms with E-state index in [4.69, 9.17) is 10.8 Å². The highest BCUT2D eigenvalue weighted by Gasteiger charge is 2.30. The minimum absolute atomic E-state index is 0.509. The first kappa shape index (κ1) is 12.6. The standard InChI is InChI=1S/C16H19N5/c1-10-14(20-17)18-15(12-6-7-12)19-16(10)21-9-8-11-4-2-3-5-13(11)21/h2-5,12H,6-9,17H2,1H3,(H,18,19,20). The lowest BCUT2D eigenvalue weighted by Crippen LogP contribution is -2.20. The van der Waals surface area contributed by atoms with Gasteiger partial charge in [-0.2, -0.15) is 0 Å². The van der Waals surface area contributed by atoms with Gasteiger partial charge in [-0.05, 0) is 37.8 Å². The van der Waals surface area contributed by atoms with Crippen LogP contribution in [0.2, 0.25) is 0 Å². The first-order chi connectivity index (χ1) is 10.3. The molecule has 0 spiro atoms. The number of benzene rings is 1. The van der Waals surface area contributed by atoms with E-state index in [0.717, 1.165) is 36.0 Å². The number of hydrogen-bond donors (Lipinski definition) is 2. The van der Waals surface area contributed by atoms with E-state index in [1.54, 1.807) is 0 Å². The minimum Gasteiger partial charge on any atom is -0.325 e. The van der Waals surface area contributed by atoms with Crippen molar-refractivity contribution in [3.63, 3.8) is 0 Å². The third-order valence-electron chi connectivity index (χ3n) is 4.36. The van der Waals surface area contributed by atoms with Gasteiger partial charge in [-0.15, -0.1) is 0 Å². The number of para-hydroxylation sites is 1. The highest BCUT2D eigenvalue weighted by Crippen LogP contribution is 2.42. The molecule has 0 radical (unpaired) electrons. The molecule has 5 nitrogen and oxygen atoms in total. The summed E-state index contributed by atoms with van der Waals surface area (Å²) in [6, 6.07) is 8.53. The molecule has 5 heteroatoms. The number of hydrazine groups is 1. The van der Waals surface area contributed by atoms with Crippen molar-refractivity contribution in [2.24, 2.45) is 5.84 Å². The number of nitrogens with two attached hydrogens (primary N) is 1. The Labute approximate surface area is 124 Å². The molecule has 1 aliphatic heterocycles. The highest BCUT2D eigenvalue weighted by atomic mass is 15.3. The number of nitrogens with one attached hydrogen (secondary N) is 1. The molecule has 2 heterocycles. The molecule has 0 unspecified atom stereocenters. The summed E-state index contributed by atoms with van der Waals surface area (Å²) in [4.78, 5) is 11.7. The number of nitrogen functional groups attached to an aromatic ring is 1. The van der Waals surface area contributed by atoms with Gasteiger partial charge in [0, 0.05) is 23.7 Å². The lowest BCUT2D eigenvalue weighted by atomic mass is 10.2. The first-order valence-corrected chi connectivity index (χ1v) is 7.48. The third-order valence-corrected chi connectivity index (χ3v) is 4.36. The lowest BCUT2D eigenvalue weighted by molar-refractivity contribution is 0.883. The van der Waals surface area contributed by atoms with Gasteiger partial charge >= 0.3 is 0 Å². The van der Waals surface area contributed by atoms with Crippen molar-refractivity contribution in [1.82, 2.24) is 9.97 Å². The molecule has 0 amide bonds. The van der Waals surface area contributed by atoms with Gasteiger partial charge in [0.05, 0.1) is 0 Å². The maximum Gasteiger partial charge on any atom is 0.148 e. The smallest absolute Gasteiger partial charge is 0.148 e. The van der Waals surface area contributed by atoms with E-state index in [1.807, 2.05) is 6.92 Å². The number of fused-ring (bicyclic) bond motifs is 1. The molecule has 2 aliphatic rings. The Morgan fingerprint density at radius 1 is 1.24 bits per heavy atom. The molecular weight excluding hydrogens is 262 g/mol. The number of nitrogens with zero attached hydrogens (tertiary/aromatic N) is 3. The number of rotatable bonds is 3. The average Bonchev–Trinajstić information content (AvgIpc) is 3.27. The van der Waals surface area contributed by atoms with E-state index >= 15 is 0 Å². The summed E-state index contributed by atoms with van der Waals surface area (Å²) >= 11 is 0. The summed E-state index contributed by atoms with van der Waals surface area (Å²) < 4.78 is 0. The van der Waals surface area contributed by atoms with Crippen LogP contribution in [0.1, 0.15) is 35.7 Å². The SMILES string of the molecule is Cc1c(NN)nc(C2CC2)nc1N1CCc2ccccc21. The van der Waals surface area contributed by atoms with Crippen LogP contribution in [0.4, 0.5) is 17.3 Å². The fourth-order valence-electron chi connectivity index (χ4n) is 3.01. The zero-order valence-corrected chi connectivity index (χ0v) is 12.1. The normalized spacial score (nSPS) is 17.0. The summed E-state index contributed by atoms with van der Waals surface area (Å²) in [5.74, 6) is 8.81. The Hall–Kier alpha value is -2.14. The van der Waals surface area contributed by atoms with Crippen LogP contribution in [-0.4, -0.2) is 16.5 Å². The van der Waals surface area contributed by atoms with Crippen LogP contribution in [0.3, 0.4) is 0 Å². The molecule has 1 saturated carbocycles. The number of anilines is 3. The molecule has 0 bridgehead atoms. The van der Waals surface area contributed by atoms with Gasteiger partial charge in [0.2, 0.25) is 0 Å². The lowest BCUT2D eigenvalue weighted by Gasteiger charge is -2.22. The molecule has 4 rings (SSSR count). The van der Waals surface area contributed by atoms with Gasteiger partial charge in [-0.1, -0.05) is 18.2 Å². The quantitative estimate of drug-likeness (QED) is 0.668. The van der Waals surface area contributed by atoms with Crippen molar-refractivity contribution in [2.75, 3.05) is 16.9 Å². The molecule has 2 aromatic rings. The molecular formula is C16H19N5. The van der Waals surface area contributed by atoms with Gasteiger partial charge in [-0.25, -0.2) is 15.8 Å². The summed E-state index contributed by atoms with van der Waals surface area (Å²) in [6.07, 6.45) is 3.43. The summed E-state index contributed by atoms with van der Waals surface area (Å²) in [6.45, 7) is 2.99. The van der Waals surface area contributed by atoms with Crippen molar-refractivity contribution in [3.05, 3.63) is 41.2 Å². The zero-order valence-electron chi connectivity index (χ0n) is 12.1. The molecule has 0 saturated heterocycles. The van der Waals surface area contributed by atoms with Gasteiger partial charge < -0.3 is 10.3 Å². The van der Waals surface area contributed by atoms with Crippen LogP contribution < -0.4 is 16.2 Å². The molecule has 1 aromatic heterocycles. The summed E-state index contributed by atoms with van der Waals surface area (Å²) in [5.41, 5.74) is 6.37.